The molecule has 0 unspecified atom stereocenters. The summed E-state index contributed by atoms with van der Waals surface area (Å²) in [6, 6.07) is 0. The Morgan fingerprint density at radius 1 is 1.33 bits per heavy atom. The molecule has 68 valence electrons. The molecule has 0 aromatic carbocycles. The van der Waals surface area contributed by atoms with Gasteiger partial charge in [0.25, 0.3) is 0 Å². The molecule has 2 heteroatoms. The molecule has 0 bridgehead atoms. The number of hydrogen-bond donors (Lipinski definition) is 1. The third-order valence-corrected chi connectivity index (χ3v) is 1.63. The van der Waals surface area contributed by atoms with Crippen molar-refractivity contribution in [3.8, 4) is 0 Å². The molecule has 0 aliphatic carbocycles. The van der Waals surface area contributed by atoms with E-state index in [2.05, 4.69) is 0 Å². The van der Waals surface area contributed by atoms with Gasteiger partial charge in [-0.15, -0.1) is 0 Å². The summed E-state index contributed by atoms with van der Waals surface area (Å²) in [5.41, 5.74) is 1.93. The Hall–Kier alpha value is -0.890. The maximum atomic E-state index is 10.2. The predicted molar refractivity (Wildman–Crippen MR) is 49.9 cm³/mol. The lowest BCUT2D eigenvalue weighted by atomic mass is 10.1. The molecule has 0 fully saturated rings. The minimum absolute atomic E-state index is 0.0994. The van der Waals surface area contributed by atoms with Crippen molar-refractivity contribution in [2.45, 2.75) is 26.7 Å². The highest BCUT2D eigenvalue weighted by atomic mass is 16.2. The molecule has 0 atom stereocenters. The van der Waals surface area contributed by atoms with E-state index >= 15 is 0 Å². The molecule has 12 heavy (non-hydrogen) atoms. The molecule has 0 spiro atoms. The number of aliphatic hydroxyl groups excluding tert-OH is 1. The fraction of sp³-hybridized carbons (Fsp3) is 0.500. The molecule has 0 aromatic heterocycles. The SMILES string of the molecule is C/C(C=O)=C/CC/C(C)=C/CO. The topological polar surface area (TPSA) is 37.3 Å². The summed E-state index contributed by atoms with van der Waals surface area (Å²) in [4.78, 5) is 10.2. The van der Waals surface area contributed by atoms with E-state index in [1.54, 1.807) is 13.0 Å². The molecule has 0 heterocycles. The monoisotopic (exact) mass is 168 g/mol. The van der Waals surface area contributed by atoms with Gasteiger partial charge < -0.3 is 5.11 Å². The zero-order valence-electron chi connectivity index (χ0n) is 7.71. The van der Waals surface area contributed by atoms with E-state index in [9.17, 15) is 4.79 Å². The van der Waals surface area contributed by atoms with Crippen molar-refractivity contribution in [3.05, 3.63) is 23.3 Å². The summed E-state index contributed by atoms with van der Waals surface area (Å²) < 4.78 is 0. The fourth-order valence-electron chi connectivity index (χ4n) is 0.834. The molecule has 1 N–H and O–H groups in total. The quantitative estimate of drug-likeness (QED) is 0.386. The van der Waals surface area contributed by atoms with Crippen LogP contribution in [0.15, 0.2) is 23.3 Å². The summed E-state index contributed by atoms with van der Waals surface area (Å²) in [6.45, 7) is 3.86. The fourth-order valence-corrected chi connectivity index (χ4v) is 0.834. The predicted octanol–water partition coefficient (Wildman–Crippen LogP) is 1.85. The van der Waals surface area contributed by atoms with E-state index in [4.69, 9.17) is 5.11 Å². The maximum absolute atomic E-state index is 10.2. The first-order valence-corrected chi connectivity index (χ1v) is 4.09. The van der Waals surface area contributed by atoms with Crippen molar-refractivity contribution in [1.29, 1.82) is 0 Å². The Balaban J connectivity index is 3.69. The minimum Gasteiger partial charge on any atom is -0.392 e. The van der Waals surface area contributed by atoms with Crippen molar-refractivity contribution in [3.63, 3.8) is 0 Å². The molecule has 0 amide bonds. The lowest BCUT2D eigenvalue weighted by Gasteiger charge is -1.96. The first-order valence-electron chi connectivity index (χ1n) is 4.09. The van der Waals surface area contributed by atoms with Gasteiger partial charge in [0.15, 0.2) is 0 Å². The zero-order valence-corrected chi connectivity index (χ0v) is 7.71. The standard InChI is InChI=1S/C10H16O2/c1-9(6-7-11)4-3-5-10(2)8-12/h5-6,8,11H,3-4,7H2,1-2H3/b9-6+,10-5-. The van der Waals surface area contributed by atoms with Gasteiger partial charge in [0, 0.05) is 0 Å². The van der Waals surface area contributed by atoms with E-state index < -0.39 is 0 Å². The van der Waals surface area contributed by atoms with Crippen LogP contribution in [0.25, 0.3) is 0 Å². The number of aldehydes is 1. The average molecular weight is 168 g/mol. The Morgan fingerprint density at radius 2 is 2.00 bits per heavy atom. The first-order chi connectivity index (χ1) is 5.70. The average Bonchev–Trinajstić information content (AvgIpc) is 2.04. The van der Waals surface area contributed by atoms with Crippen molar-refractivity contribution in [1.82, 2.24) is 0 Å². The number of carbonyl (C=O) groups excluding carboxylic acids is 1. The summed E-state index contributed by atoms with van der Waals surface area (Å²) in [5, 5.41) is 8.54. The molecular weight excluding hydrogens is 152 g/mol. The molecule has 0 aromatic rings. The second-order valence-corrected chi connectivity index (χ2v) is 2.84. The smallest absolute Gasteiger partial charge is 0.145 e. The molecule has 0 aliphatic rings. The van der Waals surface area contributed by atoms with Gasteiger partial charge in [-0.3, -0.25) is 4.79 Å². The van der Waals surface area contributed by atoms with Crippen molar-refractivity contribution in [2.75, 3.05) is 6.61 Å². The Labute approximate surface area is 73.6 Å². The Kier molecular flexibility index (Phi) is 6.29. The highest BCUT2D eigenvalue weighted by Crippen LogP contribution is 2.05. The largest absolute Gasteiger partial charge is 0.392 e. The summed E-state index contributed by atoms with van der Waals surface area (Å²) in [5.74, 6) is 0. The third kappa shape index (κ3) is 5.86. The van der Waals surface area contributed by atoms with Gasteiger partial charge in [-0.05, 0) is 32.3 Å². The molecular formula is C10H16O2. The van der Waals surface area contributed by atoms with E-state index in [0.29, 0.717) is 0 Å². The van der Waals surface area contributed by atoms with Gasteiger partial charge in [-0.25, -0.2) is 0 Å². The Morgan fingerprint density at radius 3 is 2.50 bits per heavy atom. The van der Waals surface area contributed by atoms with Gasteiger partial charge in [0.2, 0.25) is 0 Å². The molecule has 0 rings (SSSR count). The van der Waals surface area contributed by atoms with Crippen LogP contribution >= 0.6 is 0 Å². The van der Waals surface area contributed by atoms with E-state index in [1.807, 2.05) is 13.0 Å². The highest BCUT2D eigenvalue weighted by molar-refractivity contribution is 5.71. The zero-order chi connectivity index (χ0) is 9.40. The van der Waals surface area contributed by atoms with Crippen molar-refractivity contribution in [2.24, 2.45) is 0 Å². The lowest BCUT2D eigenvalue weighted by molar-refractivity contribution is -0.104. The summed E-state index contributed by atoms with van der Waals surface area (Å²) >= 11 is 0. The third-order valence-electron chi connectivity index (χ3n) is 1.63. The van der Waals surface area contributed by atoms with Crippen LogP contribution in [0, 0.1) is 0 Å². The highest BCUT2D eigenvalue weighted by Gasteiger charge is 1.88. The van der Waals surface area contributed by atoms with Crippen LogP contribution in [0.3, 0.4) is 0 Å². The Bertz CT molecular complexity index is 190. The van der Waals surface area contributed by atoms with E-state index in [1.165, 1.54) is 0 Å². The molecule has 0 saturated heterocycles. The van der Waals surface area contributed by atoms with Gasteiger partial charge in [0.1, 0.15) is 6.29 Å². The van der Waals surface area contributed by atoms with Crippen LogP contribution in [0.4, 0.5) is 0 Å². The second-order valence-electron chi connectivity index (χ2n) is 2.84. The number of allylic oxidation sites excluding steroid dienone is 3. The first kappa shape index (κ1) is 11.1. The maximum Gasteiger partial charge on any atom is 0.145 e. The number of hydrogen-bond acceptors (Lipinski definition) is 2. The van der Waals surface area contributed by atoms with Crippen LogP contribution in [-0.2, 0) is 4.79 Å². The van der Waals surface area contributed by atoms with Crippen LogP contribution in [-0.4, -0.2) is 18.0 Å². The summed E-state index contributed by atoms with van der Waals surface area (Å²) in [6.07, 6.45) is 6.32. The van der Waals surface area contributed by atoms with Gasteiger partial charge >= 0.3 is 0 Å². The van der Waals surface area contributed by atoms with Crippen LogP contribution in [0.2, 0.25) is 0 Å². The number of rotatable bonds is 5. The second kappa shape index (κ2) is 6.80. The lowest BCUT2D eigenvalue weighted by Crippen LogP contribution is -1.82. The van der Waals surface area contributed by atoms with Gasteiger partial charge in [-0.2, -0.15) is 0 Å². The minimum atomic E-state index is 0.0994. The normalized spacial score (nSPS) is 13.2. The van der Waals surface area contributed by atoms with E-state index in [0.717, 1.165) is 30.3 Å². The summed E-state index contributed by atoms with van der Waals surface area (Å²) in [7, 11) is 0. The van der Waals surface area contributed by atoms with Crippen LogP contribution in [0.1, 0.15) is 26.7 Å². The number of carbonyl (C=O) groups is 1. The van der Waals surface area contributed by atoms with Gasteiger partial charge in [-0.1, -0.05) is 17.7 Å². The van der Waals surface area contributed by atoms with Crippen molar-refractivity contribution < 1.29 is 9.90 Å². The van der Waals surface area contributed by atoms with Gasteiger partial charge in [0.05, 0.1) is 6.61 Å². The van der Waals surface area contributed by atoms with Crippen LogP contribution in [0.5, 0.6) is 0 Å². The van der Waals surface area contributed by atoms with Crippen LogP contribution < -0.4 is 0 Å². The number of aliphatic hydroxyl groups is 1. The molecule has 0 radical (unpaired) electrons. The molecule has 2 nitrogen and oxygen atoms in total. The molecule has 0 saturated carbocycles. The van der Waals surface area contributed by atoms with E-state index in [-0.39, 0.29) is 6.61 Å². The molecule has 0 aliphatic heterocycles. The van der Waals surface area contributed by atoms with Crippen molar-refractivity contribution >= 4 is 6.29 Å².